The number of fused-ring (bicyclic) bond motifs is 1. The summed E-state index contributed by atoms with van der Waals surface area (Å²) in [6, 6.07) is 10.4. The normalized spacial score (nSPS) is 13.4. The summed E-state index contributed by atoms with van der Waals surface area (Å²) >= 11 is 0. The summed E-state index contributed by atoms with van der Waals surface area (Å²) in [7, 11) is 0. The summed E-state index contributed by atoms with van der Waals surface area (Å²) in [5.41, 5.74) is 0.716. The number of hydrogen-bond donors (Lipinski definition) is 4. The second-order valence-corrected chi connectivity index (χ2v) is 7.36. The Morgan fingerprint density at radius 2 is 1.70 bits per heavy atom. The Bertz CT molecular complexity index is 972. The minimum absolute atomic E-state index is 0.0945. The van der Waals surface area contributed by atoms with Crippen LogP contribution in [0.5, 0.6) is 0 Å². The first-order valence-corrected chi connectivity index (χ1v) is 9.64. The van der Waals surface area contributed by atoms with E-state index in [2.05, 4.69) is 5.32 Å². The van der Waals surface area contributed by atoms with E-state index >= 15 is 0 Å². The van der Waals surface area contributed by atoms with Gasteiger partial charge >= 0.3 is 11.9 Å². The van der Waals surface area contributed by atoms with Gasteiger partial charge in [0.1, 0.15) is 12.1 Å². The van der Waals surface area contributed by atoms with E-state index in [0.29, 0.717) is 10.9 Å². The number of nitrogens with one attached hydrogen (secondary N) is 2. The van der Waals surface area contributed by atoms with E-state index in [1.54, 1.807) is 19.9 Å². The first-order valence-electron chi connectivity index (χ1n) is 10.1. The number of hydrogen-bond acceptors (Lipinski definition) is 4. The van der Waals surface area contributed by atoms with Crippen molar-refractivity contribution in [2.24, 2.45) is 5.92 Å². The van der Waals surface area contributed by atoms with Crippen molar-refractivity contribution in [1.29, 1.82) is 0 Å². The van der Waals surface area contributed by atoms with Gasteiger partial charge in [-0.15, -0.1) is 0 Å². The van der Waals surface area contributed by atoms with Gasteiger partial charge in [0.15, 0.2) is 1.41 Å². The summed E-state index contributed by atoms with van der Waals surface area (Å²) in [4.78, 5) is 47.6. The minimum Gasteiger partial charge on any atom is -0.481 e. The maximum atomic E-state index is 12.8. The van der Waals surface area contributed by atoms with E-state index in [-0.39, 0.29) is 12.8 Å². The molecule has 0 spiro atoms. The molecule has 2 rings (SSSR count). The maximum absolute atomic E-state index is 12.8. The number of amides is 2. The van der Waals surface area contributed by atoms with Crippen molar-refractivity contribution in [2.75, 3.05) is 0 Å². The molecule has 0 unspecified atom stereocenters. The van der Waals surface area contributed by atoms with Crippen molar-refractivity contribution in [3.63, 3.8) is 0 Å². The standard InChI is InChI=1S/C22H26N2O6/c1-13(2)20(21(28)23-17(22(29)30)10-11-19(26)27)24-18(25)12-15-8-5-7-14-6-3-4-9-16(14)15/h3-9,13,17,20H,10-12H2,1-2H3,(H,23,28)(H,24,25)(H,26,27)(H,29,30)/t17-,20-/m0/s1/i/hD. The van der Waals surface area contributed by atoms with Gasteiger partial charge in [0.25, 0.3) is 0 Å². The molecule has 0 aliphatic heterocycles. The van der Waals surface area contributed by atoms with E-state index in [9.17, 15) is 24.3 Å². The van der Waals surface area contributed by atoms with Crippen molar-refractivity contribution in [1.82, 2.24) is 10.6 Å². The van der Waals surface area contributed by atoms with Crippen molar-refractivity contribution in [3.8, 4) is 0 Å². The molecule has 30 heavy (non-hydrogen) atoms. The molecule has 2 aromatic rings. The van der Waals surface area contributed by atoms with Crippen LogP contribution in [-0.4, -0.2) is 46.0 Å². The minimum atomic E-state index is -1.42. The molecule has 160 valence electrons. The summed E-state index contributed by atoms with van der Waals surface area (Å²) < 4.78 is 8.26. The predicted octanol–water partition coefficient (Wildman–Crippen LogP) is 1.96. The quantitative estimate of drug-likeness (QED) is 0.469. The van der Waals surface area contributed by atoms with Gasteiger partial charge in [0.2, 0.25) is 11.8 Å². The van der Waals surface area contributed by atoms with Gasteiger partial charge in [-0.2, -0.15) is 0 Å². The smallest absolute Gasteiger partial charge is 0.326 e. The highest BCUT2D eigenvalue weighted by Gasteiger charge is 2.29. The van der Waals surface area contributed by atoms with E-state index in [1.165, 1.54) is 0 Å². The number of carboxylic acids is 2. The van der Waals surface area contributed by atoms with Crippen LogP contribution in [0.25, 0.3) is 10.8 Å². The molecule has 0 aliphatic rings. The molecular weight excluding hydrogens is 388 g/mol. The average molecular weight is 415 g/mol. The van der Waals surface area contributed by atoms with Gasteiger partial charge in [0.05, 0.1) is 6.42 Å². The monoisotopic (exact) mass is 415 g/mol. The zero-order valence-corrected chi connectivity index (χ0v) is 16.9. The van der Waals surface area contributed by atoms with E-state index in [0.717, 1.165) is 10.8 Å². The first kappa shape index (κ1) is 21.3. The van der Waals surface area contributed by atoms with Crippen LogP contribution >= 0.6 is 0 Å². The molecule has 0 aromatic heterocycles. The molecule has 0 heterocycles. The third-order valence-electron chi connectivity index (χ3n) is 4.67. The van der Waals surface area contributed by atoms with Crippen LogP contribution in [0.3, 0.4) is 0 Å². The third-order valence-corrected chi connectivity index (χ3v) is 4.67. The lowest BCUT2D eigenvalue weighted by atomic mass is 10.00. The van der Waals surface area contributed by atoms with Crippen molar-refractivity contribution in [2.45, 2.75) is 45.2 Å². The SMILES string of the molecule is [2H]N(C(=O)Cc1cccc2ccccc12)[C@H](C(=O)N[C@@H](CCC(=O)O)C(=O)O)C(C)C. The largest absolute Gasteiger partial charge is 0.481 e. The Kier molecular flexibility index (Phi) is 7.37. The fourth-order valence-electron chi connectivity index (χ4n) is 3.10. The lowest BCUT2D eigenvalue weighted by molar-refractivity contribution is -0.143. The second-order valence-electron chi connectivity index (χ2n) is 7.36. The van der Waals surface area contributed by atoms with E-state index < -0.39 is 48.2 Å². The zero-order valence-electron chi connectivity index (χ0n) is 17.9. The van der Waals surface area contributed by atoms with Crippen molar-refractivity contribution < 1.29 is 30.8 Å². The molecule has 4 N–H and O–H groups in total. The van der Waals surface area contributed by atoms with Gasteiger partial charge in [-0.25, -0.2) is 4.79 Å². The lowest BCUT2D eigenvalue weighted by Crippen LogP contribution is -2.54. The van der Waals surface area contributed by atoms with Crippen LogP contribution < -0.4 is 10.6 Å². The Morgan fingerprint density at radius 1 is 1.03 bits per heavy atom. The Balaban J connectivity index is 2.17. The number of carbonyl (C=O) groups is 4. The number of carboxylic acid groups (broad SMARTS) is 2. The van der Waals surface area contributed by atoms with Crippen LogP contribution in [0.1, 0.15) is 32.3 Å². The summed E-state index contributed by atoms with van der Waals surface area (Å²) in [5.74, 6) is -4.46. The molecule has 0 bridgehead atoms. The Hall–Kier alpha value is -3.42. The summed E-state index contributed by atoms with van der Waals surface area (Å²) in [6.07, 6.45) is -0.833. The molecule has 2 atom stereocenters. The fraction of sp³-hybridized carbons (Fsp3) is 0.364. The molecule has 8 heteroatoms. The molecule has 0 fully saturated rings. The molecule has 0 saturated carbocycles. The van der Waals surface area contributed by atoms with Crippen LogP contribution in [0.4, 0.5) is 0 Å². The first-order chi connectivity index (χ1) is 14.6. The summed E-state index contributed by atoms with van der Waals surface area (Å²) in [5, 5.41) is 22.7. The molecular formula is C22H26N2O6. The highest BCUT2D eigenvalue weighted by molar-refractivity contribution is 5.93. The van der Waals surface area contributed by atoms with Crippen LogP contribution in [-0.2, 0) is 25.6 Å². The third kappa shape index (κ3) is 6.30. The van der Waals surface area contributed by atoms with Crippen LogP contribution in [0.15, 0.2) is 42.5 Å². The van der Waals surface area contributed by atoms with Crippen LogP contribution in [0, 0.1) is 5.92 Å². The van der Waals surface area contributed by atoms with E-state index in [4.69, 9.17) is 6.52 Å². The highest BCUT2D eigenvalue weighted by Crippen LogP contribution is 2.19. The van der Waals surface area contributed by atoms with Gasteiger partial charge in [0, 0.05) is 6.42 Å². The van der Waals surface area contributed by atoms with Crippen molar-refractivity contribution in [3.05, 3.63) is 48.0 Å². The molecule has 0 saturated heterocycles. The fourth-order valence-corrected chi connectivity index (χ4v) is 3.10. The predicted molar refractivity (Wildman–Crippen MR) is 111 cm³/mol. The molecule has 2 aromatic carbocycles. The molecule has 2 amide bonds. The number of rotatable bonds is 10. The van der Waals surface area contributed by atoms with Gasteiger partial charge < -0.3 is 20.8 Å². The highest BCUT2D eigenvalue weighted by atomic mass is 16.4. The number of benzene rings is 2. The van der Waals surface area contributed by atoms with Crippen LogP contribution in [0.2, 0.25) is 1.41 Å². The average Bonchev–Trinajstić information content (AvgIpc) is 2.70. The lowest BCUT2D eigenvalue weighted by Gasteiger charge is -2.24. The Labute approximate surface area is 175 Å². The van der Waals surface area contributed by atoms with Gasteiger partial charge in [-0.05, 0) is 28.7 Å². The molecule has 8 nitrogen and oxygen atoms in total. The van der Waals surface area contributed by atoms with Crippen molar-refractivity contribution >= 4 is 34.5 Å². The maximum Gasteiger partial charge on any atom is 0.326 e. The molecule has 0 aliphatic carbocycles. The van der Waals surface area contributed by atoms with Gasteiger partial charge in [-0.1, -0.05) is 56.3 Å². The number of aliphatic carboxylic acids is 2. The Morgan fingerprint density at radius 3 is 2.33 bits per heavy atom. The zero-order chi connectivity index (χ0) is 23.1. The van der Waals surface area contributed by atoms with E-state index in [1.807, 2.05) is 36.4 Å². The topological polar surface area (TPSA) is 133 Å². The summed E-state index contributed by atoms with van der Waals surface area (Å²) in [6.45, 7) is 3.29. The van der Waals surface area contributed by atoms with Gasteiger partial charge in [-0.3, -0.25) is 14.4 Å². The second kappa shape index (κ2) is 10.4. The molecule has 0 radical (unpaired) electrons. The number of carbonyl (C=O) groups excluding carboxylic acids is 2.